The molecule has 8 nitrogen and oxygen atoms in total. The second kappa shape index (κ2) is 8.53. The maximum Gasteiger partial charge on any atom is 0.405 e. The number of benzene rings is 1. The van der Waals surface area contributed by atoms with Gasteiger partial charge in [0.05, 0.1) is 11.4 Å². The largest absolute Gasteiger partial charge is 0.405 e. The molecule has 3 aromatic rings. The van der Waals surface area contributed by atoms with Gasteiger partial charge in [-0.15, -0.1) is 0 Å². The third kappa shape index (κ3) is 5.80. The van der Waals surface area contributed by atoms with E-state index in [-0.39, 0.29) is 16.3 Å². The highest BCUT2D eigenvalue weighted by Gasteiger charge is 2.28. The molecule has 0 aliphatic heterocycles. The van der Waals surface area contributed by atoms with Gasteiger partial charge in [0.15, 0.2) is 5.82 Å². The van der Waals surface area contributed by atoms with Crippen LogP contribution in [0.15, 0.2) is 66.0 Å². The van der Waals surface area contributed by atoms with E-state index < -0.39 is 28.7 Å². The van der Waals surface area contributed by atoms with Gasteiger partial charge in [-0.1, -0.05) is 6.07 Å². The van der Waals surface area contributed by atoms with Gasteiger partial charge in [0.2, 0.25) is 0 Å². The van der Waals surface area contributed by atoms with Crippen molar-refractivity contribution in [3.05, 3.63) is 72.2 Å². The Labute approximate surface area is 169 Å². The van der Waals surface area contributed by atoms with E-state index in [0.717, 1.165) is 11.6 Å². The third-order valence-corrected chi connectivity index (χ3v) is 5.18. The smallest absolute Gasteiger partial charge is 0.343 e. The lowest BCUT2D eigenvalue weighted by atomic mass is 10.2. The molecule has 12 heteroatoms. The second-order valence-corrected chi connectivity index (χ2v) is 7.87. The van der Waals surface area contributed by atoms with Crippen molar-refractivity contribution in [2.45, 2.75) is 17.6 Å². The summed E-state index contributed by atoms with van der Waals surface area (Å²) in [6.45, 7) is -1.12. The predicted molar refractivity (Wildman–Crippen MR) is 101 cm³/mol. The lowest BCUT2D eigenvalue weighted by molar-refractivity contribution is -0.123. The summed E-state index contributed by atoms with van der Waals surface area (Å²) in [5, 5.41) is 5.83. The Morgan fingerprint density at radius 1 is 1.10 bits per heavy atom. The van der Waals surface area contributed by atoms with Crippen LogP contribution in [-0.4, -0.2) is 41.8 Å². The standard InChI is InChI=1S/C18H16F3N5O3S/c19-18(20,21)12-23-17(27)14-2-1-3-15(10-14)30(28,29)25-16-6-9-26(24-16)11-13-4-7-22-8-5-13/h1-10H,11-12H2,(H,23,27)(H,24,25). The minimum Gasteiger partial charge on any atom is -0.343 e. The van der Waals surface area contributed by atoms with Crippen LogP contribution in [0.5, 0.6) is 0 Å². The summed E-state index contributed by atoms with van der Waals surface area (Å²) in [5.41, 5.74) is 0.699. The molecule has 0 unspecified atom stereocenters. The van der Waals surface area contributed by atoms with E-state index in [0.29, 0.717) is 6.54 Å². The van der Waals surface area contributed by atoms with E-state index in [1.807, 2.05) is 0 Å². The van der Waals surface area contributed by atoms with Crippen LogP contribution in [0, 0.1) is 0 Å². The lowest BCUT2D eigenvalue weighted by Gasteiger charge is -2.10. The maximum absolute atomic E-state index is 12.6. The fourth-order valence-corrected chi connectivity index (χ4v) is 3.50. The highest BCUT2D eigenvalue weighted by molar-refractivity contribution is 7.92. The van der Waals surface area contributed by atoms with E-state index >= 15 is 0 Å². The van der Waals surface area contributed by atoms with Crippen LogP contribution in [-0.2, 0) is 16.6 Å². The summed E-state index contributed by atoms with van der Waals surface area (Å²) in [6, 6.07) is 9.73. The van der Waals surface area contributed by atoms with E-state index in [1.165, 1.54) is 28.9 Å². The molecule has 0 atom stereocenters. The Bertz CT molecular complexity index is 1130. The molecule has 3 rings (SSSR count). The van der Waals surface area contributed by atoms with Gasteiger partial charge in [0.25, 0.3) is 15.9 Å². The lowest BCUT2D eigenvalue weighted by Crippen LogP contribution is -2.33. The van der Waals surface area contributed by atoms with E-state index in [4.69, 9.17) is 0 Å². The Morgan fingerprint density at radius 3 is 2.53 bits per heavy atom. The molecule has 0 aliphatic rings. The molecule has 1 amide bonds. The number of aromatic nitrogens is 3. The molecule has 30 heavy (non-hydrogen) atoms. The quantitative estimate of drug-likeness (QED) is 0.588. The van der Waals surface area contributed by atoms with Crippen molar-refractivity contribution in [3.8, 4) is 0 Å². The van der Waals surface area contributed by atoms with Crippen molar-refractivity contribution in [1.29, 1.82) is 0 Å². The zero-order valence-electron chi connectivity index (χ0n) is 15.3. The number of amides is 1. The Balaban J connectivity index is 1.71. The molecule has 0 radical (unpaired) electrons. The van der Waals surface area contributed by atoms with Crippen LogP contribution in [0.4, 0.5) is 19.0 Å². The van der Waals surface area contributed by atoms with Crippen LogP contribution in [0.1, 0.15) is 15.9 Å². The summed E-state index contributed by atoms with van der Waals surface area (Å²) >= 11 is 0. The predicted octanol–water partition coefficient (Wildman–Crippen LogP) is 2.42. The second-order valence-electron chi connectivity index (χ2n) is 6.19. The molecule has 0 aliphatic carbocycles. The first kappa shape index (κ1) is 21.3. The molecule has 158 valence electrons. The van der Waals surface area contributed by atoms with Crippen molar-refractivity contribution >= 4 is 21.7 Å². The van der Waals surface area contributed by atoms with Crippen LogP contribution >= 0.6 is 0 Å². The average Bonchev–Trinajstić information content (AvgIpc) is 3.12. The number of nitrogens with zero attached hydrogens (tertiary/aromatic N) is 3. The monoisotopic (exact) mass is 439 g/mol. The number of sulfonamides is 1. The number of hydrogen-bond donors (Lipinski definition) is 2. The molecule has 0 spiro atoms. The highest BCUT2D eigenvalue weighted by atomic mass is 32.2. The first-order chi connectivity index (χ1) is 14.1. The van der Waals surface area contributed by atoms with Crippen LogP contribution in [0.25, 0.3) is 0 Å². The first-order valence-electron chi connectivity index (χ1n) is 8.53. The SMILES string of the molecule is O=C(NCC(F)(F)F)c1cccc(S(=O)(=O)Nc2ccn(Cc3ccncc3)n2)c1. The van der Waals surface area contributed by atoms with Gasteiger partial charge in [0, 0.05) is 30.2 Å². The van der Waals surface area contributed by atoms with Gasteiger partial charge in [-0.05, 0) is 35.9 Å². The number of carbonyl (C=O) groups excluding carboxylic acids is 1. The molecule has 2 aromatic heterocycles. The number of carbonyl (C=O) groups is 1. The molecular formula is C18H16F3N5O3S. The van der Waals surface area contributed by atoms with Crippen LogP contribution in [0.2, 0.25) is 0 Å². The van der Waals surface area contributed by atoms with Crippen LogP contribution in [0.3, 0.4) is 0 Å². The zero-order valence-corrected chi connectivity index (χ0v) is 16.1. The van der Waals surface area contributed by atoms with Gasteiger partial charge in [-0.3, -0.25) is 19.2 Å². The van der Waals surface area contributed by atoms with Crippen molar-refractivity contribution < 1.29 is 26.4 Å². The zero-order chi connectivity index (χ0) is 21.8. The molecule has 2 heterocycles. The number of anilines is 1. The Hall–Kier alpha value is -3.41. The minimum absolute atomic E-state index is 0.0518. The highest BCUT2D eigenvalue weighted by Crippen LogP contribution is 2.17. The van der Waals surface area contributed by atoms with Crippen molar-refractivity contribution in [3.63, 3.8) is 0 Å². The fourth-order valence-electron chi connectivity index (χ4n) is 2.46. The number of rotatable bonds is 7. The average molecular weight is 439 g/mol. The Kier molecular flexibility index (Phi) is 6.06. The maximum atomic E-state index is 12.6. The molecule has 2 N–H and O–H groups in total. The van der Waals surface area contributed by atoms with Crippen LogP contribution < -0.4 is 10.0 Å². The van der Waals surface area contributed by atoms with Gasteiger partial charge >= 0.3 is 6.18 Å². The molecule has 0 saturated carbocycles. The van der Waals surface area contributed by atoms with E-state index in [9.17, 15) is 26.4 Å². The normalized spacial score (nSPS) is 11.8. The number of halogens is 3. The van der Waals surface area contributed by atoms with Gasteiger partial charge in [-0.25, -0.2) is 8.42 Å². The summed E-state index contributed by atoms with van der Waals surface area (Å²) in [5.74, 6) is -0.984. The summed E-state index contributed by atoms with van der Waals surface area (Å²) in [6.07, 6.45) is 0.260. The van der Waals surface area contributed by atoms with Crippen molar-refractivity contribution in [2.75, 3.05) is 11.3 Å². The van der Waals surface area contributed by atoms with Gasteiger partial charge in [-0.2, -0.15) is 18.3 Å². The first-order valence-corrected chi connectivity index (χ1v) is 10.0. The summed E-state index contributed by atoms with van der Waals surface area (Å²) in [7, 11) is -4.11. The number of hydrogen-bond acceptors (Lipinski definition) is 5. The number of pyridine rings is 1. The van der Waals surface area contributed by atoms with Crippen molar-refractivity contribution in [2.24, 2.45) is 0 Å². The summed E-state index contributed by atoms with van der Waals surface area (Å²) in [4.78, 5) is 15.5. The molecule has 1 aromatic carbocycles. The van der Waals surface area contributed by atoms with E-state index in [2.05, 4.69) is 14.8 Å². The molecule has 0 fully saturated rings. The fraction of sp³-hybridized carbons (Fsp3) is 0.167. The van der Waals surface area contributed by atoms with Gasteiger partial charge in [0.1, 0.15) is 6.54 Å². The topological polar surface area (TPSA) is 106 Å². The van der Waals surface area contributed by atoms with E-state index in [1.54, 1.807) is 36.0 Å². The van der Waals surface area contributed by atoms with Gasteiger partial charge < -0.3 is 5.32 Å². The van der Waals surface area contributed by atoms with Crippen molar-refractivity contribution in [1.82, 2.24) is 20.1 Å². The summed E-state index contributed by atoms with van der Waals surface area (Å²) < 4.78 is 65.7. The Morgan fingerprint density at radius 2 is 1.83 bits per heavy atom. The molecule has 0 saturated heterocycles. The molecule has 0 bridgehead atoms. The number of alkyl halides is 3. The minimum atomic E-state index is -4.57. The third-order valence-electron chi connectivity index (χ3n) is 3.83. The number of nitrogens with one attached hydrogen (secondary N) is 2. The molecular weight excluding hydrogens is 423 g/mol.